The number of nitrogens with one attached hydrogen (secondary N) is 2. The van der Waals surface area contributed by atoms with Crippen molar-refractivity contribution in [3.05, 3.63) is 18.7 Å². The summed E-state index contributed by atoms with van der Waals surface area (Å²) in [6.07, 6.45) is 10.6. The van der Waals surface area contributed by atoms with Crippen LogP contribution in [0.15, 0.2) is 23.7 Å². The molecule has 0 bridgehead atoms. The van der Waals surface area contributed by atoms with Gasteiger partial charge in [0, 0.05) is 31.5 Å². The largest absolute Gasteiger partial charge is 0.357 e. The summed E-state index contributed by atoms with van der Waals surface area (Å²) in [6.45, 7) is 9.06. The van der Waals surface area contributed by atoms with E-state index in [0.29, 0.717) is 6.04 Å². The minimum absolute atomic E-state index is 0.465. The predicted molar refractivity (Wildman–Crippen MR) is 84.9 cm³/mol. The van der Waals surface area contributed by atoms with Crippen molar-refractivity contribution >= 4 is 5.96 Å². The van der Waals surface area contributed by atoms with Gasteiger partial charge in [-0.15, -0.1) is 0 Å². The zero-order valence-corrected chi connectivity index (χ0v) is 13.1. The van der Waals surface area contributed by atoms with Crippen LogP contribution in [0.5, 0.6) is 0 Å². The highest BCUT2D eigenvalue weighted by atomic mass is 15.2. The Bertz CT molecular complexity index is 358. The van der Waals surface area contributed by atoms with Gasteiger partial charge >= 0.3 is 0 Å². The Hall–Kier alpha value is -1.52. The highest BCUT2D eigenvalue weighted by Gasteiger charge is 2.04. The summed E-state index contributed by atoms with van der Waals surface area (Å²) in [5.41, 5.74) is 0. The average Bonchev–Trinajstić information content (AvgIpc) is 2.92. The molecule has 2 N–H and O–H groups in total. The molecule has 5 heteroatoms. The lowest BCUT2D eigenvalue weighted by atomic mass is 10.1. The van der Waals surface area contributed by atoms with E-state index in [2.05, 4.69) is 41.4 Å². The third kappa shape index (κ3) is 7.16. The second kappa shape index (κ2) is 10.3. The van der Waals surface area contributed by atoms with Gasteiger partial charge in [0.1, 0.15) is 0 Å². The molecule has 1 aromatic rings. The Labute approximate surface area is 122 Å². The van der Waals surface area contributed by atoms with Gasteiger partial charge in [-0.2, -0.15) is 0 Å². The van der Waals surface area contributed by atoms with E-state index in [1.807, 2.05) is 17.1 Å². The Morgan fingerprint density at radius 3 is 2.85 bits per heavy atom. The third-order valence-corrected chi connectivity index (χ3v) is 3.16. The molecule has 0 fully saturated rings. The fraction of sp³-hybridized carbons (Fsp3) is 0.733. The van der Waals surface area contributed by atoms with Crippen molar-refractivity contribution in [2.45, 2.75) is 59.0 Å². The molecule has 0 spiro atoms. The van der Waals surface area contributed by atoms with Crippen LogP contribution in [-0.4, -0.2) is 34.6 Å². The number of nitrogens with zero attached hydrogens (tertiary/aromatic N) is 3. The molecule has 1 atom stereocenters. The van der Waals surface area contributed by atoms with Gasteiger partial charge < -0.3 is 15.2 Å². The van der Waals surface area contributed by atoms with Crippen LogP contribution < -0.4 is 10.6 Å². The standard InChI is InChI=1S/C15H29N5/c1-4-6-7-8-14(3)19-15(17-5-2)18-10-12-20-11-9-16-13-20/h9,11,13-14H,4-8,10,12H2,1-3H3,(H2,17,18,19). The highest BCUT2D eigenvalue weighted by molar-refractivity contribution is 5.79. The Kier molecular flexibility index (Phi) is 8.51. The van der Waals surface area contributed by atoms with Gasteiger partial charge in [0.25, 0.3) is 0 Å². The molecule has 0 radical (unpaired) electrons. The molecule has 0 saturated carbocycles. The summed E-state index contributed by atoms with van der Waals surface area (Å²) in [7, 11) is 0. The van der Waals surface area contributed by atoms with Gasteiger partial charge in [0.15, 0.2) is 5.96 Å². The van der Waals surface area contributed by atoms with E-state index in [-0.39, 0.29) is 0 Å². The lowest BCUT2D eigenvalue weighted by molar-refractivity contribution is 0.546. The predicted octanol–water partition coefficient (Wildman–Crippen LogP) is 2.41. The van der Waals surface area contributed by atoms with Gasteiger partial charge in [-0.1, -0.05) is 26.2 Å². The Morgan fingerprint density at radius 1 is 1.35 bits per heavy atom. The van der Waals surface area contributed by atoms with Crippen LogP contribution in [0.3, 0.4) is 0 Å². The molecule has 0 aliphatic heterocycles. The maximum atomic E-state index is 4.60. The first-order chi connectivity index (χ1) is 9.76. The number of aromatic nitrogens is 2. The molecule has 1 unspecified atom stereocenters. The molecule has 114 valence electrons. The van der Waals surface area contributed by atoms with Crippen molar-refractivity contribution in [1.82, 2.24) is 20.2 Å². The first kappa shape index (κ1) is 16.5. The first-order valence-electron chi connectivity index (χ1n) is 7.76. The zero-order chi connectivity index (χ0) is 14.6. The molecule has 20 heavy (non-hydrogen) atoms. The lowest BCUT2D eigenvalue weighted by Gasteiger charge is -2.17. The van der Waals surface area contributed by atoms with Crippen LogP contribution in [0.25, 0.3) is 0 Å². The summed E-state index contributed by atoms with van der Waals surface area (Å²) in [4.78, 5) is 8.63. The summed E-state index contributed by atoms with van der Waals surface area (Å²) in [5.74, 6) is 0.914. The van der Waals surface area contributed by atoms with Crippen LogP contribution in [0, 0.1) is 0 Å². The SMILES string of the molecule is CCCCCC(C)NC(=NCCn1ccnc1)NCC. The van der Waals surface area contributed by atoms with Gasteiger partial charge in [-0.05, 0) is 20.3 Å². The molecule has 0 aliphatic carbocycles. The van der Waals surface area contributed by atoms with Crippen LogP contribution in [-0.2, 0) is 6.54 Å². The molecule has 1 rings (SSSR count). The summed E-state index contributed by atoms with van der Waals surface area (Å²) >= 11 is 0. The number of hydrogen-bond donors (Lipinski definition) is 2. The van der Waals surface area contributed by atoms with E-state index in [1.54, 1.807) is 6.20 Å². The fourth-order valence-electron chi connectivity index (χ4n) is 2.02. The molecule has 0 aromatic carbocycles. The second-order valence-corrected chi connectivity index (χ2v) is 5.10. The molecule has 1 heterocycles. The summed E-state index contributed by atoms with van der Waals surface area (Å²) < 4.78 is 2.04. The zero-order valence-electron chi connectivity index (χ0n) is 13.1. The number of hydrogen-bond acceptors (Lipinski definition) is 2. The van der Waals surface area contributed by atoms with Crippen molar-refractivity contribution in [2.75, 3.05) is 13.1 Å². The molecule has 5 nitrogen and oxygen atoms in total. The van der Waals surface area contributed by atoms with Crippen LogP contribution in [0.1, 0.15) is 46.5 Å². The minimum atomic E-state index is 0.465. The molecular formula is C15H29N5. The molecule has 0 amide bonds. The smallest absolute Gasteiger partial charge is 0.191 e. The fourth-order valence-corrected chi connectivity index (χ4v) is 2.02. The van der Waals surface area contributed by atoms with E-state index < -0.39 is 0 Å². The monoisotopic (exact) mass is 279 g/mol. The Balaban J connectivity index is 2.33. The molecular weight excluding hydrogens is 250 g/mol. The van der Waals surface area contributed by atoms with Crippen molar-refractivity contribution in [3.8, 4) is 0 Å². The van der Waals surface area contributed by atoms with Crippen molar-refractivity contribution in [3.63, 3.8) is 0 Å². The van der Waals surface area contributed by atoms with E-state index in [9.17, 15) is 0 Å². The van der Waals surface area contributed by atoms with Crippen molar-refractivity contribution in [1.29, 1.82) is 0 Å². The minimum Gasteiger partial charge on any atom is -0.357 e. The van der Waals surface area contributed by atoms with Gasteiger partial charge in [-0.3, -0.25) is 4.99 Å². The van der Waals surface area contributed by atoms with E-state index >= 15 is 0 Å². The van der Waals surface area contributed by atoms with Crippen molar-refractivity contribution in [2.24, 2.45) is 4.99 Å². The van der Waals surface area contributed by atoms with Crippen LogP contribution in [0.2, 0.25) is 0 Å². The number of imidazole rings is 1. The molecule has 1 aromatic heterocycles. The van der Waals surface area contributed by atoms with Gasteiger partial charge in [0.2, 0.25) is 0 Å². The topological polar surface area (TPSA) is 54.2 Å². The summed E-state index contributed by atoms with van der Waals surface area (Å²) in [5, 5.41) is 6.77. The van der Waals surface area contributed by atoms with Crippen molar-refractivity contribution < 1.29 is 0 Å². The number of unbranched alkanes of at least 4 members (excludes halogenated alkanes) is 2. The van der Waals surface area contributed by atoms with Crippen LogP contribution in [0.4, 0.5) is 0 Å². The lowest BCUT2D eigenvalue weighted by Crippen LogP contribution is -2.42. The normalized spacial score (nSPS) is 13.2. The maximum absolute atomic E-state index is 4.60. The van der Waals surface area contributed by atoms with E-state index in [0.717, 1.165) is 25.6 Å². The van der Waals surface area contributed by atoms with E-state index in [1.165, 1.54) is 25.7 Å². The Morgan fingerprint density at radius 2 is 2.20 bits per heavy atom. The third-order valence-electron chi connectivity index (χ3n) is 3.16. The molecule has 0 aliphatic rings. The average molecular weight is 279 g/mol. The maximum Gasteiger partial charge on any atom is 0.191 e. The quantitative estimate of drug-likeness (QED) is 0.415. The number of guanidine groups is 1. The second-order valence-electron chi connectivity index (χ2n) is 5.10. The van der Waals surface area contributed by atoms with Gasteiger partial charge in [-0.25, -0.2) is 4.98 Å². The highest BCUT2D eigenvalue weighted by Crippen LogP contribution is 2.02. The molecule has 0 saturated heterocycles. The number of rotatable bonds is 9. The first-order valence-corrected chi connectivity index (χ1v) is 7.76. The van der Waals surface area contributed by atoms with E-state index in [4.69, 9.17) is 0 Å². The number of aliphatic imine (C=N–C) groups is 1. The summed E-state index contributed by atoms with van der Waals surface area (Å²) in [6, 6.07) is 0.465. The van der Waals surface area contributed by atoms with Crippen LogP contribution >= 0.6 is 0 Å². The van der Waals surface area contributed by atoms with Gasteiger partial charge in [0.05, 0.1) is 12.9 Å².